The zero-order valence-corrected chi connectivity index (χ0v) is 8.48. The average molecular weight is 203 g/mol. The van der Waals surface area contributed by atoms with Gasteiger partial charge < -0.3 is 0 Å². The van der Waals surface area contributed by atoms with Crippen molar-refractivity contribution >= 4 is 16.0 Å². The van der Waals surface area contributed by atoms with Gasteiger partial charge in [0.15, 0.2) is 0 Å². The quantitative estimate of drug-likeness (QED) is 0.683. The Kier molecular flexibility index (Phi) is 2.60. The highest BCUT2D eigenvalue weighted by atomic mass is 32.2. The normalized spacial score (nSPS) is 20.9. The topological polar surface area (TPSA) is 73.3 Å². The highest BCUT2D eigenvalue weighted by Crippen LogP contribution is 2.10. The van der Waals surface area contributed by atoms with Gasteiger partial charge in [0.25, 0.3) is 0 Å². The molecule has 0 saturated carbocycles. The average Bonchev–Trinajstić information content (AvgIpc) is 1.95. The van der Waals surface area contributed by atoms with Gasteiger partial charge in [-0.25, -0.2) is 4.31 Å². The van der Waals surface area contributed by atoms with E-state index in [1.54, 1.807) is 6.92 Å². The lowest BCUT2D eigenvalue weighted by Gasteiger charge is -2.27. The Hall–Kier alpha value is -1.04. The molecule has 0 aliphatic carbocycles. The van der Waals surface area contributed by atoms with Crippen LogP contribution in [-0.2, 0) is 10.2 Å². The van der Waals surface area contributed by atoms with E-state index < -0.39 is 10.2 Å². The third-order valence-electron chi connectivity index (χ3n) is 1.63. The number of nitrogens with one attached hydrogen (secondary N) is 2. The van der Waals surface area contributed by atoms with Crippen LogP contribution in [0.1, 0.15) is 20.3 Å². The fourth-order valence-corrected chi connectivity index (χ4v) is 2.45. The molecule has 1 aliphatic heterocycles. The van der Waals surface area contributed by atoms with Gasteiger partial charge in [0.2, 0.25) is 0 Å². The minimum atomic E-state index is -3.49. The number of rotatable bonds is 2. The van der Waals surface area contributed by atoms with Crippen molar-refractivity contribution in [1.82, 2.24) is 9.03 Å². The molecule has 0 bridgehead atoms. The Morgan fingerprint density at radius 3 is 2.69 bits per heavy atom. The number of hydrogen-bond donors (Lipinski definition) is 2. The third-order valence-corrected chi connectivity index (χ3v) is 3.17. The van der Waals surface area contributed by atoms with E-state index in [0.717, 1.165) is 4.31 Å². The first-order valence-corrected chi connectivity index (χ1v) is 5.48. The molecule has 5 nitrogen and oxygen atoms in total. The molecule has 0 aromatic heterocycles. The zero-order chi connectivity index (χ0) is 10.1. The molecule has 0 atom stereocenters. The number of nitrogens with zero attached hydrogens (tertiary/aromatic N) is 1. The van der Waals surface area contributed by atoms with Crippen LogP contribution >= 0.6 is 0 Å². The van der Waals surface area contributed by atoms with Crippen LogP contribution < -0.4 is 4.72 Å². The smallest absolute Gasteiger partial charge is 0.284 e. The number of hydrogen-bond acceptors (Lipinski definition) is 3. The first-order chi connectivity index (χ1) is 5.97. The summed E-state index contributed by atoms with van der Waals surface area (Å²) in [7, 11) is -3.49. The summed E-state index contributed by atoms with van der Waals surface area (Å²) >= 11 is 0. The van der Waals surface area contributed by atoms with E-state index in [-0.39, 0.29) is 5.84 Å². The van der Waals surface area contributed by atoms with Gasteiger partial charge in [-0.2, -0.15) is 8.42 Å². The third kappa shape index (κ3) is 2.00. The van der Waals surface area contributed by atoms with Crippen molar-refractivity contribution < 1.29 is 8.42 Å². The Labute approximate surface area is 78.1 Å². The molecule has 0 unspecified atom stereocenters. The number of allylic oxidation sites excluding steroid dienone is 1. The van der Waals surface area contributed by atoms with Crippen LogP contribution in [-0.4, -0.2) is 25.1 Å². The molecule has 0 spiro atoms. The van der Waals surface area contributed by atoms with Crippen molar-refractivity contribution in [2.45, 2.75) is 20.3 Å². The molecule has 1 heterocycles. The van der Waals surface area contributed by atoms with E-state index in [4.69, 9.17) is 5.41 Å². The lowest BCUT2D eigenvalue weighted by Crippen LogP contribution is -2.46. The summed E-state index contributed by atoms with van der Waals surface area (Å²) in [5.74, 6) is 0.0260. The first kappa shape index (κ1) is 10.0. The highest BCUT2D eigenvalue weighted by molar-refractivity contribution is 7.87. The van der Waals surface area contributed by atoms with Gasteiger partial charge in [-0.15, -0.1) is 0 Å². The van der Waals surface area contributed by atoms with Crippen molar-refractivity contribution in [3.63, 3.8) is 0 Å². The van der Waals surface area contributed by atoms with Gasteiger partial charge in [0.05, 0.1) is 0 Å². The molecule has 1 rings (SSSR count). The highest BCUT2D eigenvalue weighted by Gasteiger charge is 2.26. The van der Waals surface area contributed by atoms with Crippen molar-refractivity contribution in [2.75, 3.05) is 6.54 Å². The maximum Gasteiger partial charge on any atom is 0.324 e. The SMILES string of the molecule is CCCN1C(=N)C=C(C)NS1(=O)=O. The van der Waals surface area contributed by atoms with Crippen molar-refractivity contribution in [1.29, 1.82) is 5.41 Å². The number of amidine groups is 1. The summed E-state index contributed by atoms with van der Waals surface area (Å²) in [6.07, 6.45) is 2.19. The molecule has 0 aromatic carbocycles. The maximum atomic E-state index is 11.4. The molecule has 1 aliphatic rings. The Bertz CT molecular complexity index is 345. The van der Waals surface area contributed by atoms with E-state index in [9.17, 15) is 8.42 Å². The van der Waals surface area contributed by atoms with Crippen LogP contribution in [0.2, 0.25) is 0 Å². The predicted molar refractivity (Wildman–Crippen MR) is 50.5 cm³/mol. The Balaban J connectivity index is 3.01. The lowest BCUT2D eigenvalue weighted by atomic mass is 10.4. The second kappa shape index (κ2) is 3.37. The fraction of sp³-hybridized carbons (Fsp3) is 0.571. The maximum absolute atomic E-state index is 11.4. The minimum absolute atomic E-state index is 0.0260. The monoisotopic (exact) mass is 203 g/mol. The molecule has 74 valence electrons. The predicted octanol–water partition coefficient (Wildman–Crippen LogP) is 0.427. The Morgan fingerprint density at radius 1 is 1.62 bits per heavy atom. The van der Waals surface area contributed by atoms with E-state index in [2.05, 4.69) is 4.72 Å². The van der Waals surface area contributed by atoms with E-state index in [1.807, 2.05) is 6.92 Å². The zero-order valence-electron chi connectivity index (χ0n) is 7.66. The van der Waals surface area contributed by atoms with Crippen LogP contribution in [0.5, 0.6) is 0 Å². The van der Waals surface area contributed by atoms with Crippen LogP contribution in [0.4, 0.5) is 0 Å². The standard InChI is InChI=1S/C7H13N3O2S/c1-3-4-10-7(8)5-6(2)9-13(10,11)12/h5,8-9H,3-4H2,1-2H3. The summed E-state index contributed by atoms with van der Waals surface area (Å²) in [6, 6.07) is 0. The van der Waals surface area contributed by atoms with Gasteiger partial charge in [-0.1, -0.05) is 6.92 Å². The van der Waals surface area contributed by atoms with Gasteiger partial charge >= 0.3 is 10.2 Å². The van der Waals surface area contributed by atoms with Crippen LogP contribution in [0.25, 0.3) is 0 Å². The van der Waals surface area contributed by atoms with E-state index in [1.165, 1.54) is 6.08 Å². The molecular weight excluding hydrogens is 190 g/mol. The molecule has 0 radical (unpaired) electrons. The second-order valence-electron chi connectivity index (χ2n) is 2.89. The van der Waals surface area contributed by atoms with Crippen molar-refractivity contribution in [3.05, 3.63) is 11.8 Å². The molecular formula is C7H13N3O2S. The molecule has 6 heteroatoms. The van der Waals surface area contributed by atoms with Gasteiger partial charge in [0, 0.05) is 18.3 Å². The van der Waals surface area contributed by atoms with Gasteiger partial charge in [-0.05, 0) is 13.3 Å². The fourth-order valence-electron chi connectivity index (χ4n) is 1.14. The lowest BCUT2D eigenvalue weighted by molar-refractivity contribution is 0.506. The summed E-state index contributed by atoms with van der Waals surface area (Å²) < 4.78 is 26.2. The molecule has 0 saturated heterocycles. The molecule has 0 amide bonds. The Morgan fingerprint density at radius 2 is 2.23 bits per heavy atom. The summed E-state index contributed by atoms with van der Waals surface area (Å²) in [5, 5.41) is 7.47. The summed E-state index contributed by atoms with van der Waals surface area (Å²) in [6.45, 7) is 3.83. The van der Waals surface area contributed by atoms with Crippen LogP contribution in [0.15, 0.2) is 11.8 Å². The molecule has 0 fully saturated rings. The minimum Gasteiger partial charge on any atom is -0.284 e. The largest absolute Gasteiger partial charge is 0.324 e. The van der Waals surface area contributed by atoms with Crippen molar-refractivity contribution in [3.8, 4) is 0 Å². The van der Waals surface area contributed by atoms with E-state index in [0.29, 0.717) is 18.7 Å². The second-order valence-corrected chi connectivity index (χ2v) is 4.49. The van der Waals surface area contributed by atoms with Crippen molar-refractivity contribution in [2.24, 2.45) is 0 Å². The molecule has 2 N–H and O–H groups in total. The van der Waals surface area contributed by atoms with Gasteiger partial charge in [0.1, 0.15) is 5.84 Å². The first-order valence-electron chi connectivity index (χ1n) is 4.04. The van der Waals surface area contributed by atoms with E-state index >= 15 is 0 Å². The molecule has 13 heavy (non-hydrogen) atoms. The van der Waals surface area contributed by atoms with Crippen LogP contribution in [0, 0.1) is 5.41 Å². The summed E-state index contributed by atoms with van der Waals surface area (Å²) in [5.41, 5.74) is 0.484. The molecule has 0 aromatic rings. The van der Waals surface area contributed by atoms with Gasteiger partial charge in [-0.3, -0.25) is 10.1 Å². The summed E-state index contributed by atoms with van der Waals surface area (Å²) in [4.78, 5) is 0. The van der Waals surface area contributed by atoms with Crippen LogP contribution in [0.3, 0.4) is 0 Å².